The van der Waals surface area contributed by atoms with E-state index in [2.05, 4.69) is 67.1 Å². The molecule has 0 amide bonds. The van der Waals surface area contributed by atoms with Crippen LogP contribution in [-0.2, 0) is 0 Å². The fourth-order valence-corrected chi connectivity index (χ4v) is 2.29. The minimum atomic E-state index is 0.350. The van der Waals surface area contributed by atoms with E-state index in [4.69, 9.17) is 0 Å². The van der Waals surface area contributed by atoms with E-state index in [1.807, 2.05) is 6.07 Å². The van der Waals surface area contributed by atoms with Crippen LogP contribution in [0.4, 0.5) is 0 Å². The van der Waals surface area contributed by atoms with Crippen LogP contribution in [0.3, 0.4) is 0 Å². The zero-order chi connectivity index (χ0) is 12.1. The lowest BCUT2D eigenvalue weighted by Gasteiger charge is -2.13. The van der Waals surface area contributed by atoms with Crippen molar-refractivity contribution in [3.05, 3.63) is 65.7 Å². The molecule has 0 bridgehead atoms. The molecule has 1 N–H and O–H groups in total. The van der Waals surface area contributed by atoms with Gasteiger partial charge in [-0.2, -0.15) is 0 Å². The minimum Gasteiger partial charge on any atom is -0.253 e. The second-order valence-electron chi connectivity index (χ2n) is 4.17. The van der Waals surface area contributed by atoms with Gasteiger partial charge in [-0.25, -0.2) is 0 Å². The summed E-state index contributed by atoms with van der Waals surface area (Å²) in [5.74, 6) is 0. The normalized spacial score (nSPS) is 12.4. The van der Waals surface area contributed by atoms with Crippen LogP contribution in [0.2, 0.25) is 0 Å². The monoisotopic (exact) mass is 243 g/mol. The average Bonchev–Trinajstić information content (AvgIpc) is 2.39. The lowest BCUT2D eigenvalue weighted by Crippen LogP contribution is -2.09. The molecular weight excluding hydrogens is 226 g/mol. The van der Waals surface area contributed by atoms with Crippen molar-refractivity contribution in [3.63, 3.8) is 0 Å². The first kappa shape index (κ1) is 12.2. The molecule has 1 atom stereocenters. The minimum absolute atomic E-state index is 0.350. The summed E-state index contributed by atoms with van der Waals surface area (Å²) in [7, 11) is 0. The molecule has 0 unspecified atom stereocenters. The quantitative estimate of drug-likeness (QED) is 0.801. The molecule has 2 heteroatoms. The van der Waals surface area contributed by atoms with Gasteiger partial charge < -0.3 is 0 Å². The molecule has 17 heavy (non-hydrogen) atoms. The summed E-state index contributed by atoms with van der Waals surface area (Å²) >= 11 is 1.68. The summed E-state index contributed by atoms with van der Waals surface area (Å²) in [4.78, 5) is 1.25. The Morgan fingerprint density at radius 1 is 0.941 bits per heavy atom. The van der Waals surface area contributed by atoms with Crippen LogP contribution in [0.25, 0.3) is 0 Å². The Balaban J connectivity index is 1.92. The van der Waals surface area contributed by atoms with Crippen LogP contribution >= 0.6 is 11.9 Å². The summed E-state index contributed by atoms with van der Waals surface area (Å²) in [6.07, 6.45) is 0. The van der Waals surface area contributed by atoms with Crippen LogP contribution in [0.1, 0.15) is 24.1 Å². The maximum absolute atomic E-state index is 3.45. The highest BCUT2D eigenvalue weighted by Crippen LogP contribution is 2.20. The van der Waals surface area contributed by atoms with Crippen molar-refractivity contribution >= 4 is 11.9 Å². The van der Waals surface area contributed by atoms with Gasteiger partial charge in [0, 0.05) is 10.9 Å². The van der Waals surface area contributed by atoms with E-state index in [0.29, 0.717) is 6.04 Å². The molecule has 0 aliphatic rings. The first-order valence-electron chi connectivity index (χ1n) is 5.79. The predicted molar refractivity (Wildman–Crippen MR) is 75.0 cm³/mol. The summed E-state index contributed by atoms with van der Waals surface area (Å²) in [5.41, 5.74) is 2.61. The molecule has 2 rings (SSSR count). The van der Waals surface area contributed by atoms with Gasteiger partial charge in [0.05, 0.1) is 0 Å². The molecule has 1 nitrogen and oxygen atoms in total. The SMILES string of the molecule is Cc1ccc(SN[C@H](C)c2ccccc2)cc1. The Morgan fingerprint density at radius 2 is 1.59 bits per heavy atom. The summed E-state index contributed by atoms with van der Waals surface area (Å²) in [6.45, 7) is 4.28. The Bertz CT molecular complexity index is 450. The molecule has 0 saturated heterocycles. The summed E-state index contributed by atoms with van der Waals surface area (Å²) in [5, 5.41) is 0. The average molecular weight is 243 g/mol. The smallest absolute Gasteiger partial charge is 0.0396 e. The topological polar surface area (TPSA) is 12.0 Å². The summed E-state index contributed by atoms with van der Waals surface area (Å²) < 4.78 is 3.45. The molecule has 0 heterocycles. The lowest BCUT2D eigenvalue weighted by molar-refractivity contribution is 0.754. The van der Waals surface area contributed by atoms with E-state index in [1.54, 1.807) is 11.9 Å². The molecule has 0 aliphatic heterocycles. The van der Waals surface area contributed by atoms with E-state index >= 15 is 0 Å². The van der Waals surface area contributed by atoms with Crippen molar-refractivity contribution in [1.82, 2.24) is 4.72 Å². The molecule has 0 aliphatic carbocycles. The predicted octanol–water partition coefficient (Wildman–Crippen LogP) is 4.35. The third kappa shape index (κ3) is 3.62. The highest BCUT2D eigenvalue weighted by atomic mass is 32.2. The first-order valence-corrected chi connectivity index (χ1v) is 6.61. The van der Waals surface area contributed by atoms with Crippen molar-refractivity contribution in [1.29, 1.82) is 0 Å². The largest absolute Gasteiger partial charge is 0.253 e. The number of benzene rings is 2. The molecule has 2 aromatic rings. The second-order valence-corrected chi connectivity index (χ2v) is 5.08. The highest BCUT2D eigenvalue weighted by Gasteiger charge is 2.04. The number of hydrogen-bond acceptors (Lipinski definition) is 2. The second kappa shape index (κ2) is 5.89. The molecule has 2 aromatic carbocycles. The zero-order valence-electron chi connectivity index (χ0n) is 10.2. The molecule has 0 fully saturated rings. The van der Waals surface area contributed by atoms with E-state index in [1.165, 1.54) is 16.0 Å². The molecule has 0 saturated carbocycles. The van der Waals surface area contributed by atoms with Crippen LogP contribution in [0, 0.1) is 6.92 Å². The molecular formula is C15H17NS. The molecule has 0 aromatic heterocycles. The van der Waals surface area contributed by atoms with E-state index < -0.39 is 0 Å². The third-order valence-corrected chi connectivity index (χ3v) is 3.65. The van der Waals surface area contributed by atoms with Crippen LogP contribution < -0.4 is 4.72 Å². The van der Waals surface area contributed by atoms with Crippen LogP contribution in [0.15, 0.2) is 59.5 Å². The van der Waals surface area contributed by atoms with Gasteiger partial charge in [0.25, 0.3) is 0 Å². The van der Waals surface area contributed by atoms with Gasteiger partial charge >= 0.3 is 0 Å². The van der Waals surface area contributed by atoms with Crippen molar-refractivity contribution in [2.45, 2.75) is 24.8 Å². The fourth-order valence-electron chi connectivity index (χ4n) is 1.57. The summed E-state index contributed by atoms with van der Waals surface area (Å²) in [6, 6.07) is 19.4. The Labute approximate surface area is 107 Å². The van der Waals surface area contributed by atoms with Crippen molar-refractivity contribution < 1.29 is 0 Å². The number of hydrogen-bond donors (Lipinski definition) is 1. The van der Waals surface area contributed by atoms with E-state index in [9.17, 15) is 0 Å². The van der Waals surface area contributed by atoms with Gasteiger partial charge in [-0.15, -0.1) is 0 Å². The standard InChI is InChI=1S/C15H17NS/c1-12-8-10-15(11-9-12)17-16-13(2)14-6-4-3-5-7-14/h3-11,13,16H,1-2H3/t13-/m1/s1. The lowest BCUT2D eigenvalue weighted by atomic mass is 10.1. The maximum atomic E-state index is 3.45. The zero-order valence-corrected chi connectivity index (χ0v) is 11.0. The van der Waals surface area contributed by atoms with Gasteiger partial charge in [-0.3, -0.25) is 4.72 Å². The van der Waals surface area contributed by atoms with Gasteiger partial charge in [0.2, 0.25) is 0 Å². The third-order valence-electron chi connectivity index (χ3n) is 2.67. The Kier molecular flexibility index (Phi) is 4.24. The van der Waals surface area contributed by atoms with Gasteiger partial charge in [-0.05, 0) is 43.5 Å². The van der Waals surface area contributed by atoms with Gasteiger partial charge in [0.15, 0.2) is 0 Å². The number of nitrogens with one attached hydrogen (secondary N) is 1. The van der Waals surface area contributed by atoms with Crippen molar-refractivity contribution in [3.8, 4) is 0 Å². The molecule has 88 valence electrons. The van der Waals surface area contributed by atoms with E-state index in [-0.39, 0.29) is 0 Å². The van der Waals surface area contributed by atoms with E-state index in [0.717, 1.165) is 0 Å². The van der Waals surface area contributed by atoms with Crippen molar-refractivity contribution in [2.24, 2.45) is 0 Å². The number of rotatable bonds is 4. The Morgan fingerprint density at radius 3 is 2.24 bits per heavy atom. The molecule has 0 radical (unpaired) electrons. The molecule has 0 spiro atoms. The fraction of sp³-hybridized carbons (Fsp3) is 0.200. The van der Waals surface area contributed by atoms with Crippen LogP contribution in [-0.4, -0.2) is 0 Å². The maximum Gasteiger partial charge on any atom is 0.0396 e. The highest BCUT2D eigenvalue weighted by molar-refractivity contribution is 7.97. The van der Waals surface area contributed by atoms with Gasteiger partial charge in [-0.1, -0.05) is 48.0 Å². The first-order chi connectivity index (χ1) is 8.25. The Hall–Kier alpha value is -1.25. The number of aryl methyl sites for hydroxylation is 1. The van der Waals surface area contributed by atoms with Gasteiger partial charge in [0.1, 0.15) is 0 Å². The van der Waals surface area contributed by atoms with Crippen LogP contribution in [0.5, 0.6) is 0 Å². The van der Waals surface area contributed by atoms with Crippen molar-refractivity contribution in [2.75, 3.05) is 0 Å².